The molecule has 2 N–H and O–H groups in total. The van der Waals surface area contributed by atoms with E-state index in [0.717, 1.165) is 0 Å². The van der Waals surface area contributed by atoms with Gasteiger partial charge in [-0.1, -0.05) is 0 Å². The Morgan fingerprint density at radius 3 is 2.58 bits per heavy atom. The molecule has 0 radical (unpaired) electrons. The van der Waals surface area contributed by atoms with Crippen molar-refractivity contribution >= 4 is 27.0 Å². The molecule has 9 nitrogen and oxygen atoms in total. The van der Waals surface area contributed by atoms with E-state index in [1.807, 2.05) is 0 Å². The second kappa shape index (κ2) is 8.88. The zero-order valence-corrected chi connectivity index (χ0v) is 19.5. The highest BCUT2D eigenvalue weighted by molar-refractivity contribution is 7.88. The summed E-state index contributed by atoms with van der Waals surface area (Å²) in [6.45, 7) is 2.42. The zero-order chi connectivity index (χ0) is 24.0. The lowest BCUT2D eigenvalue weighted by atomic mass is 9.99. The fourth-order valence-corrected chi connectivity index (χ4v) is 5.77. The van der Waals surface area contributed by atoms with Crippen LogP contribution in [0.4, 0.5) is 14.7 Å². The number of piperidine rings is 1. The summed E-state index contributed by atoms with van der Waals surface area (Å²) >= 11 is 0. The topological polar surface area (TPSA) is 117 Å². The van der Waals surface area contributed by atoms with E-state index in [1.54, 1.807) is 6.92 Å². The molecule has 0 spiro atoms. The van der Waals surface area contributed by atoms with Crippen LogP contribution in [0.3, 0.4) is 0 Å². The van der Waals surface area contributed by atoms with Crippen LogP contribution in [0.15, 0.2) is 17.1 Å². The summed E-state index contributed by atoms with van der Waals surface area (Å²) in [5, 5.41) is 14.5. The maximum absolute atomic E-state index is 13.2. The average molecular weight is 486 g/mol. The number of pyridine rings is 1. The predicted octanol–water partition coefficient (Wildman–Crippen LogP) is 1.91. The molecular formula is C21H29F2N5O4S. The Hall–Kier alpha value is -2.18. The lowest BCUT2D eigenvalue weighted by Crippen LogP contribution is -2.42. The van der Waals surface area contributed by atoms with Gasteiger partial charge in [-0.15, -0.1) is 0 Å². The minimum absolute atomic E-state index is 0.0299. The number of nitrogens with zero attached hydrogens (tertiary/aromatic N) is 4. The number of anilines is 1. The van der Waals surface area contributed by atoms with Gasteiger partial charge in [-0.05, 0) is 45.1 Å². The highest BCUT2D eigenvalue weighted by atomic mass is 32.2. The van der Waals surface area contributed by atoms with Gasteiger partial charge in [0.05, 0.1) is 17.9 Å². The van der Waals surface area contributed by atoms with Crippen LogP contribution in [0.25, 0.3) is 11.0 Å². The molecule has 1 saturated heterocycles. The first-order chi connectivity index (χ1) is 15.5. The Morgan fingerprint density at radius 1 is 1.30 bits per heavy atom. The Bertz CT molecular complexity index is 1190. The van der Waals surface area contributed by atoms with E-state index >= 15 is 0 Å². The van der Waals surface area contributed by atoms with Gasteiger partial charge in [0.1, 0.15) is 5.65 Å². The predicted molar refractivity (Wildman–Crippen MR) is 120 cm³/mol. The number of hydrogen-bond donors (Lipinski definition) is 2. The van der Waals surface area contributed by atoms with E-state index in [1.165, 1.54) is 27.4 Å². The quantitative estimate of drug-likeness (QED) is 0.642. The van der Waals surface area contributed by atoms with Crippen molar-refractivity contribution in [3.8, 4) is 0 Å². The lowest BCUT2D eigenvalue weighted by Gasteiger charge is -2.31. The summed E-state index contributed by atoms with van der Waals surface area (Å²) in [5.74, 6) is 0.271. The van der Waals surface area contributed by atoms with Crippen molar-refractivity contribution in [3.05, 3.63) is 28.2 Å². The smallest absolute Gasteiger partial charge is 0.255 e. The second-order valence-corrected chi connectivity index (χ2v) is 11.2. The van der Waals surface area contributed by atoms with Gasteiger partial charge in [0.2, 0.25) is 22.4 Å². The number of alkyl halides is 2. The molecule has 1 saturated carbocycles. The summed E-state index contributed by atoms with van der Waals surface area (Å²) < 4.78 is 52.4. The molecule has 2 aromatic heterocycles. The van der Waals surface area contributed by atoms with Crippen LogP contribution in [0.5, 0.6) is 0 Å². The van der Waals surface area contributed by atoms with Crippen molar-refractivity contribution in [2.24, 2.45) is 0 Å². The van der Waals surface area contributed by atoms with E-state index in [4.69, 9.17) is 0 Å². The second-order valence-electron chi connectivity index (χ2n) is 9.26. The molecule has 0 unspecified atom stereocenters. The Labute approximate surface area is 190 Å². The van der Waals surface area contributed by atoms with E-state index in [0.29, 0.717) is 50.6 Å². The van der Waals surface area contributed by atoms with Crippen molar-refractivity contribution in [1.29, 1.82) is 0 Å². The molecule has 1 aliphatic carbocycles. The van der Waals surface area contributed by atoms with E-state index in [9.17, 15) is 27.1 Å². The molecule has 0 bridgehead atoms. The first-order valence-corrected chi connectivity index (χ1v) is 12.9. The average Bonchev–Trinajstić information content (AvgIpc) is 3.07. The van der Waals surface area contributed by atoms with Crippen molar-refractivity contribution in [2.45, 2.75) is 69.6 Å². The van der Waals surface area contributed by atoms with Crippen LogP contribution in [0.1, 0.15) is 50.6 Å². The number of sulfonamides is 1. The van der Waals surface area contributed by atoms with Crippen LogP contribution in [0.2, 0.25) is 0 Å². The lowest BCUT2D eigenvalue weighted by molar-refractivity contribution is 0.0265. The van der Waals surface area contributed by atoms with Gasteiger partial charge in [-0.25, -0.2) is 26.5 Å². The van der Waals surface area contributed by atoms with E-state index in [2.05, 4.69) is 15.3 Å². The minimum Gasteiger partial charge on any atom is -0.388 e. The van der Waals surface area contributed by atoms with Crippen LogP contribution in [0, 0.1) is 0 Å². The number of halogens is 2. The molecule has 12 heteroatoms. The van der Waals surface area contributed by atoms with Crippen LogP contribution >= 0.6 is 0 Å². The number of hydrogen-bond acceptors (Lipinski definition) is 7. The Morgan fingerprint density at radius 2 is 2.00 bits per heavy atom. The first-order valence-electron chi connectivity index (χ1n) is 11.1. The normalized spacial score (nSPS) is 25.2. The summed E-state index contributed by atoms with van der Waals surface area (Å²) in [4.78, 5) is 22.0. The first kappa shape index (κ1) is 24.0. The summed E-state index contributed by atoms with van der Waals surface area (Å²) in [7, 11) is -3.24. The Balaban J connectivity index is 1.69. The minimum atomic E-state index is -3.24. The van der Waals surface area contributed by atoms with Crippen LogP contribution in [-0.2, 0) is 16.4 Å². The number of aromatic nitrogens is 3. The molecule has 182 valence electrons. The van der Waals surface area contributed by atoms with Crippen molar-refractivity contribution in [2.75, 3.05) is 24.7 Å². The fraction of sp³-hybridized carbons (Fsp3) is 0.667. The Kier molecular flexibility index (Phi) is 6.45. The van der Waals surface area contributed by atoms with Crippen molar-refractivity contribution < 1.29 is 22.3 Å². The third-order valence-corrected chi connectivity index (χ3v) is 7.97. The molecule has 2 atom stereocenters. The van der Waals surface area contributed by atoms with Gasteiger partial charge < -0.3 is 10.4 Å². The summed E-state index contributed by atoms with van der Waals surface area (Å²) in [5.41, 5.74) is -1.47. The molecule has 0 aromatic carbocycles. The number of nitrogens with one attached hydrogen (secondary N) is 1. The van der Waals surface area contributed by atoms with Gasteiger partial charge >= 0.3 is 0 Å². The highest BCUT2D eigenvalue weighted by Gasteiger charge is 2.40. The molecule has 0 amide bonds. The molecule has 2 aliphatic rings. The number of rotatable bonds is 6. The summed E-state index contributed by atoms with van der Waals surface area (Å²) in [6.07, 6.45) is 2.22. The number of fused-ring (bicyclic) bond motifs is 1. The zero-order valence-electron chi connectivity index (χ0n) is 18.7. The van der Waals surface area contributed by atoms with E-state index in [-0.39, 0.29) is 23.2 Å². The summed E-state index contributed by atoms with van der Waals surface area (Å²) in [6, 6.07) is 0.775. The van der Waals surface area contributed by atoms with Gasteiger partial charge in [-0.2, -0.15) is 4.98 Å². The van der Waals surface area contributed by atoms with Gasteiger partial charge in [-0.3, -0.25) is 9.36 Å². The maximum Gasteiger partial charge on any atom is 0.255 e. The maximum atomic E-state index is 13.2. The third-order valence-electron chi connectivity index (χ3n) is 6.67. The highest BCUT2D eigenvalue weighted by Crippen LogP contribution is 2.39. The largest absolute Gasteiger partial charge is 0.388 e. The van der Waals surface area contributed by atoms with Crippen LogP contribution < -0.4 is 10.9 Å². The molecule has 1 aliphatic heterocycles. The molecule has 4 rings (SSSR count). The van der Waals surface area contributed by atoms with Crippen molar-refractivity contribution in [1.82, 2.24) is 18.8 Å². The molecule has 33 heavy (non-hydrogen) atoms. The van der Waals surface area contributed by atoms with Gasteiger partial charge in [0, 0.05) is 42.7 Å². The van der Waals surface area contributed by atoms with E-state index < -0.39 is 40.1 Å². The number of aliphatic hydroxyl groups is 1. The fourth-order valence-electron chi connectivity index (χ4n) is 4.90. The molecule has 3 heterocycles. The SMILES string of the molecule is C[C@]1(O)CCC[C@@H]1n1c(=O)c(CC(F)F)cc2cnc(NC3CCN(S(C)(=O)=O)CC3)nc21. The third kappa shape index (κ3) is 5.02. The standard InChI is InChI=1S/C21H29F2N5O4S/c1-21(30)7-3-4-16(21)28-18-14(10-13(19(28)29)11-17(22)23)12-24-20(26-18)25-15-5-8-27(9-6-15)33(2,31)32/h10,12,15-17,30H,3-9,11H2,1-2H3,(H,24,25,26)/t16-,21-/m0/s1. The van der Waals surface area contributed by atoms with Crippen LogP contribution in [-0.4, -0.2) is 69.8 Å². The molecular weight excluding hydrogens is 456 g/mol. The molecule has 2 aromatic rings. The molecule has 2 fully saturated rings. The monoisotopic (exact) mass is 485 g/mol. The van der Waals surface area contributed by atoms with Crippen molar-refractivity contribution in [3.63, 3.8) is 0 Å². The van der Waals surface area contributed by atoms with Gasteiger partial charge in [0.15, 0.2) is 0 Å². The van der Waals surface area contributed by atoms with Gasteiger partial charge in [0.25, 0.3) is 5.56 Å².